The summed E-state index contributed by atoms with van der Waals surface area (Å²) in [5.74, 6) is -7.53. The smallest absolute Gasteiger partial charge is 0.336 e. The van der Waals surface area contributed by atoms with Crippen LogP contribution in [0.4, 0.5) is 22.0 Å². The quantitative estimate of drug-likeness (QED) is 0.608. The number of nitrogens with zero attached hydrogens (tertiary/aromatic N) is 1. The maximum Gasteiger partial charge on any atom is 0.463 e. The Labute approximate surface area is 132 Å². The monoisotopic (exact) mass is 346 g/mol. The van der Waals surface area contributed by atoms with Gasteiger partial charge in [0.25, 0.3) is 0 Å². The third-order valence-corrected chi connectivity index (χ3v) is 3.44. The summed E-state index contributed by atoms with van der Waals surface area (Å²) in [6.07, 6.45) is -4.77. The van der Waals surface area contributed by atoms with Crippen LogP contribution in [0.5, 0.6) is 0 Å². The molecule has 0 unspecified atom stereocenters. The Morgan fingerprint density at radius 3 is 1.83 bits per heavy atom. The maximum atomic E-state index is 13.2. The number of hydrogen-bond donors (Lipinski definition) is 3. The largest absolute Gasteiger partial charge is 0.463 e. The van der Waals surface area contributed by atoms with Crippen molar-refractivity contribution in [3.63, 3.8) is 0 Å². The van der Waals surface area contributed by atoms with Crippen molar-refractivity contribution in [3.8, 4) is 0 Å². The molecule has 0 aromatic heterocycles. The number of nitrogens with one attached hydrogen (secondary N) is 3. The molecule has 5 nitrogen and oxygen atoms in total. The van der Waals surface area contributed by atoms with E-state index in [1.807, 2.05) is 0 Å². The highest BCUT2D eigenvalue weighted by Crippen LogP contribution is 2.36. The van der Waals surface area contributed by atoms with Gasteiger partial charge in [0.1, 0.15) is 0 Å². The van der Waals surface area contributed by atoms with E-state index >= 15 is 0 Å². The fourth-order valence-electron chi connectivity index (χ4n) is 2.13. The SMILES string of the molecule is O=C(N1CCCNCCNCCCNCC1)C(F)(F)C(F)(F)F. The molecule has 1 aliphatic heterocycles. The first kappa shape index (κ1) is 20.0. The van der Waals surface area contributed by atoms with Crippen molar-refractivity contribution < 1.29 is 26.7 Å². The van der Waals surface area contributed by atoms with Crippen LogP contribution in [0.25, 0.3) is 0 Å². The molecule has 10 heteroatoms. The predicted octanol–water partition coefficient (Wildman–Crippen LogP) is 0.575. The molecule has 0 aliphatic carbocycles. The average molecular weight is 346 g/mol. The standard InChI is InChI=1S/C13H23F5N4O/c14-12(15,13(16,17)18)11(23)22-9-2-5-20-7-6-19-3-1-4-21-8-10-22/h19-21H,1-10H2. The lowest BCUT2D eigenvalue weighted by molar-refractivity contribution is -0.274. The molecule has 136 valence electrons. The van der Waals surface area contributed by atoms with Gasteiger partial charge in [0, 0.05) is 32.7 Å². The zero-order valence-electron chi connectivity index (χ0n) is 12.8. The molecule has 23 heavy (non-hydrogen) atoms. The minimum Gasteiger partial charge on any atom is -0.336 e. The van der Waals surface area contributed by atoms with E-state index in [4.69, 9.17) is 0 Å². The minimum atomic E-state index is -5.87. The molecule has 1 saturated heterocycles. The third-order valence-electron chi connectivity index (χ3n) is 3.44. The second-order valence-corrected chi connectivity index (χ2v) is 5.32. The van der Waals surface area contributed by atoms with Crippen molar-refractivity contribution in [1.82, 2.24) is 20.9 Å². The molecular weight excluding hydrogens is 323 g/mol. The molecule has 3 N–H and O–H groups in total. The Morgan fingerprint density at radius 2 is 1.26 bits per heavy atom. The summed E-state index contributed by atoms with van der Waals surface area (Å²) in [6.45, 7) is 3.07. The fraction of sp³-hybridized carbons (Fsp3) is 0.923. The Kier molecular flexibility index (Phi) is 8.13. The van der Waals surface area contributed by atoms with Crippen molar-refractivity contribution in [3.05, 3.63) is 0 Å². The highest BCUT2D eigenvalue weighted by Gasteiger charge is 2.64. The van der Waals surface area contributed by atoms with E-state index in [0.29, 0.717) is 31.0 Å². The van der Waals surface area contributed by atoms with Gasteiger partial charge in [0.05, 0.1) is 0 Å². The lowest BCUT2D eigenvalue weighted by Crippen LogP contribution is -2.53. The highest BCUT2D eigenvalue weighted by molar-refractivity contribution is 5.84. The summed E-state index contributed by atoms with van der Waals surface area (Å²) in [5, 5.41) is 9.19. The van der Waals surface area contributed by atoms with Crippen LogP contribution < -0.4 is 16.0 Å². The predicted molar refractivity (Wildman–Crippen MR) is 75.4 cm³/mol. The summed E-state index contributed by atoms with van der Waals surface area (Å²) in [5.41, 5.74) is 0. The Balaban J connectivity index is 2.65. The number of halogens is 5. The first-order chi connectivity index (χ1) is 10.8. The van der Waals surface area contributed by atoms with Crippen LogP contribution >= 0.6 is 0 Å². The van der Waals surface area contributed by atoms with Crippen LogP contribution in [-0.4, -0.2) is 75.3 Å². The molecule has 0 spiro atoms. The average Bonchev–Trinajstić information content (AvgIpc) is 2.47. The third kappa shape index (κ3) is 6.56. The number of carbonyl (C=O) groups excluding carboxylic acids is 1. The van der Waals surface area contributed by atoms with Gasteiger partial charge in [-0.05, 0) is 32.5 Å². The van der Waals surface area contributed by atoms with E-state index in [0.717, 1.165) is 19.5 Å². The summed E-state index contributed by atoms with van der Waals surface area (Å²) in [7, 11) is 0. The van der Waals surface area contributed by atoms with Gasteiger partial charge < -0.3 is 20.9 Å². The molecule has 1 rings (SSSR count). The first-order valence-electron chi connectivity index (χ1n) is 7.63. The molecular formula is C13H23F5N4O. The van der Waals surface area contributed by atoms with Gasteiger partial charge in [0.15, 0.2) is 0 Å². The normalized spacial score (nSPS) is 20.8. The molecule has 1 fully saturated rings. The zero-order valence-corrected chi connectivity index (χ0v) is 12.8. The fourth-order valence-corrected chi connectivity index (χ4v) is 2.13. The lowest BCUT2D eigenvalue weighted by Gasteiger charge is -2.28. The van der Waals surface area contributed by atoms with E-state index in [1.54, 1.807) is 0 Å². The molecule has 0 bridgehead atoms. The zero-order chi connectivity index (χ0) is 17.3. The first-order valence-corrected chi connectivity index (χ1v) is 7.63. The molecule has 0 atom stereocenters. The molecule has 1 aliphatic rings. The van der Waals surface area contributed by atoms with E-state index in [2.05, 4.69) is 16.0 Å². The number of rotatable bonds is 1. The van der Waals surface area contributed by atoms with Gasteiger partial charge >= 0.3 is 18.0 Å². The molecule has 0 saturated carbocycles. The molecule has 1 amide bonds. The van der Waals surface area contributed by atoms with Gasteiger partial charge in [-0.3, -0.25) is 4.79 Å². The molecule has 0 aromatic carbocycles. The topological polar surface area (TPSA) is 56.4 Å². The summed E-state index contributed by atoms with van der Waals surface area (Å²) < 4.78 is 63.5. The number of amides is 1. The van der Waals surface area contributed by atoms with Crippen molar-refractivity contribution >= 4 is 5.91 Å². The van der Waals surface area contributed by atoms with E-state index < -0.39 is 18.0 Å². The minimum absolute atomic E-state index is 0.146. The summed E-state index contributed by atoms with van der Waals surface area (Å²) >= 11 is 0. The van der Waals surface area contributed by atoms with Crippen LogP contribution in [-0.2, 0) is 4.79 Å². The highest BCUT2D eigenvalue weighted by atomic mass is 19.4. The molecule has 1 heterocycles. The Morgan fingerprint density at radius 1 is 0.739 bits per heavy atom. The van der Waals surface area contributed by atoms with Crippen molar-refractivity contribution in [1.29, 1.82) is 0 Å². The van der Waals surface area contributed by atoms with E-state index in [9.17, 15) is 26.7 Å². The van der Waals surface area contributed by atoms with Crippen LogP contribution in [0, 0.1) is 0 Å². The molecule has 0 radical (unpaired) electrons. The van der Waals surface area contributed by atoms with Gasteiger partial charge in [0.2, 0.25) is 0 Å². The van der Waals surface area contributed by atoms with Crippen LogP contribution in [0.3, 0.4) is 0 Å². The number of hydrogen-bond acceptors (Lipinski definition) is 4. The summed E-state index contributed by atoms with van der Waals surface area (Å²) in [6, 6.07) is 0. The summed E-state index contributed by atoms with van der Waals surface area (Å²) in [4.78, 5) is 12.2. The second kappa shape index (κ2) is 9.33. The molecule has 0 aromatic rings. The second-order valence-electron chi connectivity index (χ2n) is 5.32. The Hall–Kier alpha value is -1.00. The van der Waals surface area contributed by atoms with Crippen LogP contribution in [0.1, 0.15) is 12.8 Å². The van der Waals surface area contributed by atoms with Gasteiger partial charge in [-0.15, -0.1) is 0 Å². The van der Waals surface area contributed by atoms with Crippen LogP contribution in [0.15, 0.2) is 0 Å². The lowest BCUT2D eigenvalue weighted by atomic mass is 10.2. The number of alkyl halides is 5. The van der Waals surface area contributed by atoms with Crippen molar-refractivity contribution in [2.24, 2.45) is 0 Å². The Bertz CT molecular complexity index is 351. The van der Waals surface area contributed by atoms with Gasteiger partial charge in [-0.1, -0.05) is 0 Å². The van der Waals surface area contributed by atoms with E-state index in [-0.39, 0.29) is 19.6 Å². The van der Waals surface area contributed by atoms with Crippen molar-refractivity contribution in [2.75, 3.05) is 52.4 Å². The van der Waals surface area contributed by atoms with Gasteiger partial charge in [-0.2, -0.15) is 22.0 Å². The van der Waals surface area contributed by atoms with Crippen LogP contribution in [0.2, 0.25) is 0 Å². The van der Waals surface area contributed by atoms with Crippen molar-refractivity contribution in [2.45, 2.75) is 24.9 Å². The maximum absolute atomic E-state index is 13.2. The number of carbonyl (C=O) groups is 1. The van der Waals surface area contributed by atoms with Gasteiger partial charge in [-0.25, -0.2) is 0 Å². The van der Waals surface area contributed by atoms with E-state index in [1.165, 1.54) is 0 Å².